The van der Waals surface area contributed by atoms with Crippen LogP contribution in [0.2, 0.25) is 0 Å². The van der Waals surface area contributed by atoms with E-state index in [2.05, 4.69) is 29.6 Å². The summed E-state index contributed by atoms with van der Waals surface area (Å²) >= 11 is 0. The predicted octanol–water partition coefficient (Wildman–Crippen LogP) is 3.48. The molecule has 0 aliphatic heterocycles. The molecule has 110 valence electrons. The zero-order chi connectivity index (χ0) is 14.7. The van der Waals surface area contributed by atoms with Crippen molar-refractivity contribution in [3.63, 3.8) is 0 Å². The Bertz CT molecular complexity index is 626. The van der Waals surface area contributed by atoms with Crippen molar-refractivity contribution in [2.75, 3.05) is 7.11 Å². The third-order valence-corrected chi connectivity index (χ3v) is 4.19. The van der Waals surface area contributed by atoms with Gasteiger partial charge in [0, 0.05) is 18.2 Å². The first kappa shape index (κ1) is 14.1. The van der Waals surface area contributed by atoms with Crippen molar-refractivity contribution >= 4 is 0 Å². The molecule has 21 heavy (non-hydrogen) atoms. The van der Waals surface area contributed by atoms with Gasteiger partial charge in [0.05, 0.1) is 7.11 Å². The average molecular weight is 285 g/mol. The molecule has 0 saturated carbocycles. The van der Waals surface area contributed by atoms with Gasteiger partial charge in [-0.15, -0.1) is 0 Å². The second-order valence-corrected chi connectivity index (χ2v) is 5.52. The van der Waals surface area contributed by atoms with Crippen LogP contribution in [0.4, 0.5) is 4.39 Å². The lowest BCUT2D eigenvalue weighted by Crippen LogP contribution is -2.34. The summed E-state index contributed by atoms with van der Waals surface area (Å²) < 4.78 is 19.1. The van der Waals surface area contributed by atoms with Gasteiger partial charge in [0.15, 0.2) is 11.6 Å². The van der Waals surface area contributed by atoms with Crippen LogP contribution >= 0.6 is 0 Å². The number of rotatable bonds is 4. The van der Waals surface area contributed by atoms with E-state index in [1.54, 1.807) is 6.07 Å². The number of hydrogen-bond acceptors (Lipinski definition) is 2. The van der Waals surface area contributed by atoms with Gasteiger partial charge in [0.25, 0.3) is 0 Å². The number of methoxy groups -OCH3 is 1. The fourth-order valence-corrected chi connectivity index (χ4v) is 2.98. The van der Waals surface area contributed by atoms with E-state index in [4.69, 9.17) is 4.74 Å². The summed E-state index contributed by atoms with van der Waals surface area (Å²) in [6.07, 6.45) is 3.21. The zero-order valence-corrected chi connectivity index (χ0v) is 12.2. The molecule has 0 fully saturated rings. The van der Waals surface area contributed by atoms with E-state index in [0.29, 0.717) is 23.9 Å². The zero-order valence-electron chi connectivity index (χ0n) is 12.2. The van der Waals surface area contributed by atoms with Crippen LogP contribution in [-0.4, -0.2) is 13.2 Å². The summed E-state index contributed by atoms with van der Waals surface area (Å²) in [4.78, 5) is 0. The molecule has 0 bridgehead atoms. The van der Waals surface area contributed by atoms with Crippen LogP contribution in [0.5, 0.6) is 5.75 Å². The monoisotopic (exact) mass is 285 g/mol. The van der Waals surface area contributed by atoms with Crippen LogP contribution in [-0.2, 0) is 19.4 Å². The summed E-state index contributed by atoms with van der Waals surface area (Å²) in [6.45, 7) is 0.538. The van der Waals surface area contributed by atoms with Gasteiger partial charge in [-0.2, -0.15) is 0 Å². The maximum atomic E-state index is 14.1. The molecule has 1 unspecified atom stereocenters. The van der Waals surface area contributed by atoms with Crippen LogP contribution in [0.3, 0.4) is 0 Å². The van der Waals surface area contributed by atoms with Crippen molar-refractivity contribution in [2.24, 2.45) is 0 Å². The Kier molecular flexibility index (Phi) is 4.20. The number of fused-ring (bicyclic) bond motifs is 1. The second kappa shape index (κ2) is 6.27. The molecule has 0 amide bonds. The van der Waals surface area contributed by atoms with Gasteiger partial charge in [0.2, 0.25) is 0 Å². The Balaban J connectivity index is 1.64. The summed E-state index contributed by atoms with van der Waals surface area (Å²) in [7, 11) is 1.49. The van der Waals surface area contributed by atoms with Crippen molar-refractivity contribution in [2.45, 2.75) is 31.8 Å². The molecule has 2 aromatic rings. The van der Waals surface area contributed by atoms with Gasteiger partial charge < -0.3 is 10.1 Å². The molecule has 3 heteroatoms. The van der Waals surface area contributed by atoms with Crippen LogP contribution in [0.15, 0.2) is 42.5 Å². The standard InChI is InChI=1S/C18H20FNO/c1-21-17-8-4-7-15(18(17)19)12-20-16-10-9-13-5-2-3-6-14(13)11-16/h2-8,16,20H,9-12H2,1H3. The molecule has 1 aliphatic carbocycles. The highest BCUT2D eigenvalue weighted by Gasteiger charge is 2.18. The number of aryl methyl sites for hydroxylation is 1. The van der Waals surface area contributed by atoms with Crippen molar-refractivity contribution in [3.05, 3.63) is 65.0 Å². The Labute approximate surface area is 125 Å². The third kappa shape index (κ3) is 3.08. The molecule has 2 aromatic carbocycles. The van der Waals surface area contributed by atoms with Crippen molar-refractivity contribution in [1.82, 2.24) is 5.32 Å². The van der Waals surface area contributed by atoms with Gasteiger partial charge in [-0.1, -0.05) is 36.4 Å². The van der Waals surface area contributed by atoms with Crippen molar-refractivity contribution in [3.8, 4) is 5.75 Å². The van der Waals surface area contributed by atoms with Crippen LogP contribution in [0, 0.1) is 5.82 Å². The molecule has 0 radical (unpaired) electrons. The number of ether oxygens (including phenoxy) is 1. The highest BCUT2D eigenvalue weighted by Crippen LogP contribution is 2.23. The summed E-state index contributed by atoms with van der Waals surface area (Å²) in [5, 5.41) is 3.48. The first-order valence-corrected chi connectivity index (χ1v) is 7.39. The lowest BCUT2D eigenvalue weighted by Gasteiger charge is -2.25. The lowest BCUT2D eigenvalue weighted by molar-refractivity contribution is 0.381. The number of benzene rings is 2. The Morgan fingerprint density at radius 2 is 1.95 bits per heavy atom. The molecule has 0 spiro atoms. The minimum absolute atomic E-state index is 0.260. The maximum absolute atomic E-state index is 14.1. The predicted molar refractivity (Wildman–Crippen MR) is 82.0 cm³/mol. The Morgan fingerprint density at radius 3 is 2.76 bits per heavy atom. The molecular weight excluding hydrogens is 265 g/mol. The third-order valence-electron chi connectivity index (χ3n) is 4.19. The molecule has 3 rings (SSSR count). The molecule has 0 aromatic heterocycles. The van der Waals surface area contributed by atoms with Gasteiger partial charge in [-0.25, -0.2) is 4.39 Å². The van der Waals surface area contributed by atoms with E-state index in [9.17, 15) is 4.39 Å². The Morgan fingerprint density at radius 1 is 1.14 bits per heavy atom. The number of nitrogens with one attached hydrogen (secondary N) is 1. The van der Waals surface area contributed by atoms with E-state index in [-0.39, 0.29) is 5.82 Å². The molecule has 1 aliphatic rings. The highest BCUT2D eigenvalue weighted by molar-refractivity contribution is 5.32. The van der Waals surface area contributed by atoms with Gasteiger partial charge in [0.1, 0.15) is 0 Å². The molecular formula is C18H20FNO. The van der Waals surface area contributed by atoms with Crippen molar-refractivity contribution < 1.29 is 9.13 Å². The quantitative estimate of drug-likeness (QED) is 0.928. The number of hydrogen-bond donors (Lipinski definition) is 1. The highest BCUT2D eigenvalue weighted by atomic mass is 19.1. The van der Waals surface area contributed by atoms with E-state index >= 15 is 0 Å². The van der Waals surface area contributed by atoms with E-state index in [0.717, 1.165) is 19.3 Å². The van der Waals surface area contributed by atoms with Crippen LogP contribution in [0.25, 0.3) is 0 Å². The first-order chi connectivity index (χ1) is 10.3. The van der Waals surface area contributed by atoms with Crippen LogP contribution < -0.4 is 10.1 Å². The lowest BCUT2D eigenvalue weighted by atomic mass is 9.88. The van der Waals surface area contributed by atoms with Gasteiger partial charge >= 0.3 is 0 Å². The fourth-order valence-electron chi connectivity index (χ4n) is 2.98. The molecule has 0 saturated heterocycles. The molecule has 1 N–H and O–H groups in total. The van der Waals surface area contributed by atoms with E-state index < -0.39 is 0 Å². The largest absolute Gasteiger partial charge is 0.494 e. The van der Waals surface area contributed by atoms with Crippen molar-refractivity contribution in [1.29, 1.82) is 0 Å². The average Bonchev–Trinajstić information content (AvgIpc) is 2.54. The van der Waals surface area contributed by atoms with Gasteiger partial charge in [-0.05, 0) is 36.5 Å². The molecule has 0 heterocycles. The minimum Gasteiger partial charge on any atom is -0.494 e. The van der Waals surface area contributed by atoms with E-state index in [1.165, 1.54) is 18.2 Å². The summed E-state index contributed by atoms with van der Waals surface area (Å²) in [5.41, 5.74) is 3.52. The topological polar surface area (TPSA) is 21.3 Å². The molecule has 1 atom stereocenters. The first-order valence-electron chi connectivity index (χ1n) is 7.39. The molecule has 2 nitrogen and oxygen atoms in total. The Hall–Kier alpha value is -1.87. The maximum Gasteiger partial charge on any atom is 0.169 e. The second-order valence-electron chi connectivity index (χ2n) is 5.52. The van der Waals surface area contributed by atoms with Gasteiger partial charge in [-0.3, -0.25) is 0 Å². The minimum atomic E-state index is -0.260. The summed E-state index contributed by atoms with van der Waals surface area (Å²) in [6, 6.07) is 14.3. The summed E-state index contributed by atoms with van der Waals surface area (Å²) in [5.74, 6) is 0.0481. The van der Waals surface area contributed by atoms with E-state index in [1.807, 2.05) is 12.1 Å². The van der Waals surface area contributed by atoms with Crippen LogP contribution in [0.1, 0.15) is 23.1 Å². The smallest absolute Gasteiger partial charge is 0.169 e. The fraction of sp³-hybridized carbons (Fsp3) is 0.333. The normalized spacial score (nSPS) is 17.3. The SMILES string of the molecule is COc1cccc(CNC2CCc3ccccc3C2)c1F. The number of halogens is 1.